The van der Waals surface area contributed by atoms with Crippen LogP contribution in [0.1, 0.15) is 33.1 Å². The monoisotopic (exact) mass is 270 g/mol. The van der Waals surface area contributed by atoms with E-state index in [9.17, 15) is 5.11 Å². The molecule has 0 unspecified atom stereocenters. The SMILES string of the molecule is CCN1CCN(C[C@@H](O)CO[C@@H]2CCC[C@@H]2C)CC1. The van der Waals surface area contributed by atoms with E-state index in [0.29, 0.717) is 18.6 Å². The second-order valence-electron chi connectivity index (χ2n) is 6.17. The molecule has 0 radical (unpaired) electrons. The quantitative estimate of drug-likeness (QED) is 0.786. The molecule has 4 nitrogen and oxygen atoms in total. The highest BCUT2D eigenvalue weighted by molar-refractivity contribution is 4.76. The third-order valence-electron chi connectivity index (χ3n) is 4.67. The Kier molecular flexibility index (Phi) is 6.07. The van der Waals surface area contributed by atoms with Crippen LogP contribution in [0.3, 0.4) is 0 Å². The van der Waals surface area contributed by atoms with E-state index in [1.807, 2.05) is 0 Å². The number of aliphatic hydroxyl groups is 1. The van der Waals surface area contributed by atoms with Gasteiger partial charge in [-0.25, -0.2) is 0 Å². The van der Waals surface area contributed by atoms with E-state index in [-0.39, 0.29) is 6.10 Å². The van der Waals surface area contributed by atoms with Gasteiger partial charge in [0.05, 0.1) is 18.8 Å². The van der Waals surface area contributed by atoms with Gasteiger partial charge in [0.2, 0.25) is 0 Å². The summed E-state index contributed by atoms with van der Waals surface area (Å²) < 4.78 is 5.87. The lowest BCUT2D eigenvalue weighted by Gasteiger charge is -2.35. The van der Waals surface area contributed by atoms with Gasteiger partial charge >= 0.3 is 0 Å². The number of hydrogen-bond donors (Lipinski definition) is 1. The van der Waals surface area contributed by atoms with Gasteiger partial charge in [-0.1, -0.05) is 20.3 Å². The average molecular weight is 270 g/mol. The Morgan fingerprint density at radius 2 is 1.84 bits per heavy atom. The number of β-amino-alcohol motifs (C(OH)–C–C–N with tert-alkyl or cyclic N) is 1. The van der Waals surface area contributed by atoms with Crippen LogP contribution in [0.4, 0.5) is 0 Å². The molecular formula is C15H30N2O2. The van der Waals surface area contributed by atoms with Crippen molar-refractivity contribution >= 4 is 0 Å². The summed E-state index contributed by atoms with van der Waals surface area (Å²) in [6.45, 7) is 11.3. The van der Waals surface area contributed by atoms with Gasteiger partial charge in [0.15, 0.2) is 0 Å². The van der Waals surface area contributed by atoms with Crippen LogP contribution in [0.15, 0.2) is 0 Å². The Labute approximate surface area is 117 Å². The summed E-state index contributed by atoms with van der Waals surface area (Å²) in [7, 11) is 0. The molecule has 0 aromatic heterocycles. The molecule has 1 saturated carbocycles. The molecule has 2 fully saturated rings. The highest BCUT2D eigenvalue weighted by Crippen LogP contribution is 2.27. The molecule has 1 saturated heterocycles. The van der Waals surface area contributed by atoms with E-state index in [0.717, 1.165) is 39.3 Å². The fourth-order valence-electron chi connectivity index (χ4n) is 3.23. The van der Waals surface area contributed by atoms with Gasteiger partial charge in [-0.15, -0.1) is 0 Å². The molecule has 0 amide bonds. The first-order chi connectivity index (χ1) is 9.19. The molecule has 0 aromatic rings. The standard InChI is InChI=1S/C15H30N2O2/c1-3-16-7-9-17(10-8-16)11-14(18)12-19-15-6-4-5-13(15)2/h13-15,18H,3-12H2,1-2H3/t13-,14+,15+/m0/s1. The Morgan fingerprint density at radius 1 is 1.16 bits per heavy atom. The first-order valence-corrected chi connectivity index (χ1v) is 7.93. The van der Waals surface area contributed by atoms with Gasteiger partial charge < -0.3 is 14.7 Å². The zero-order chi connectivity index (χ0) is 13.7. The third-order valence-corrected chi connectivity index (χ3v) is 4.67. The van der Waals surface area contributed by atoms with Crippen LogP contribution in [0.2, 0.25) is 0 Å². The molecule has 2 rings (SSSR count). The predicted molar refractivity (Wildman–Crippen MR) is 77.3 cm³/mol. The van der Waals surface area contributed by atoms with Crippen LogP contribution in [0.5, 0.6) is 0 Å². The van der Waals surface area contributed by atoms with Crippen LogP contribution in [0.25, 0.3) is 0 Å². The second kappa shape index (κ2) is 7.58. The Morgan fingerprint density at radius 3 is 2.42 bits per heavy atom. The number of ether oxygens (including phenoxy) is 1. The summed E-state index contributed by atoms with van der Waals surface area (Å²) in [5.41, 5.74) is 0. The lowest BCUT2D eigenvalue weighted by atomic mass is 10.1. The summed E-state index contributed by atoms with van der Waals surface area (Å²) in [5.74, 6) is 0.667. The van der Waals surface area contributed by atoms with Crippen molar-refractivity contribution in [1.29, 1.82) is 0 Å². The van der Waals surface area contributed by atoms with Crippen molar-refractivity contribution in [2.45, 2.75) is 45.3 Å². The van der Waals surface area contributed by atoms with Crippen molar-refractivity contribution in [3.05, 3.63) is 0 Å². The summed E-state index contributed by atoms with van der Waals surface area (Å²) in [4.78, 5) is 4.82. The van der Waals surface area contributed by atoms with Crippen molar-refractivity contribution in [1.82, 2.24) is 9.80 Å². The van der Waals surface area contributed by atoms with Gasteiger partial charge in [0.1, 0.15) is 0 Å². The topological polar surface area (TPSA) is 35.9 Å². The Balaban J connectivity index is 1.60. The van der Waals surface area contributed by atoms with E-state index in [2.05, 4.69) is 23.6 Å². The van der Waals surface area contributed by atoms with Gasteiger partial charge in [-0.2, -0.15) is 0 Å². The molecule has 1 N–H and O–H groups in total. The first kappa shape index (κ1) is 15.2. The molecule has 4 heteroatoms. The fraction of sp³-hybridized carbons (Fsp3) is 1.00. The molecule has 3 atom stereocenters. The summed E-state index contributed by atoms with van der Waals surface area (Å²) in [5, 5.41) is 10.1. The molecule has 0 bridgehead atoms. The van der Waals surface area contributed by atoms with Crippen molar-refractivity contribution in [3.8, 4) is 0 Å². The minimum atomic E-state index is -0.332. The first-order valence-electron chi connectivity index (χ1n) is 7.93. The lowest BCUT2D eigenvalue weighted by Crippen LogP contribution is -2.49. The normalized spacial score (nSPS) is 31.7. The number of rotatable bonds is 6. The van der Waals surface area contributed by atoms with E-state index in [1.54, 1.807) is 0 Å². The lowest BCUT2D eigenvalue weighted by molar-refractivity contribution is -0.0354. The minimum Gasteiger partial charge on any atom is -0.389 e. The number of aliphatic hydroxyl groups excluding tert-OH is 1. The van der Waals surface area contributed by atoms with Crippen molar-refractivity contribution < 1.29 is 9.84 Å². The van der Waals surface area contributed by atoms with Gasteiger partial charge in [-0.3, -0.25) is 4.90 Å². The van der Waals surface area contributed by atoms with Crippen LogP contribution < -0.4 is 0 Å². The van der Waals surface area contributed by atoms with E-state index < -0.39 is 0 Å². The summed E-state index contributed by atoms with van der Waals surface area (Å²) in [6.07, 6.45) is 3.77. The second-order valence-corrected chi connectivity index (χ2v) is 6.17. The number of nitrogens with zero attached hydrogens (tertiary/aromatic N) is 2. The maximum absolute atomic E-state index is 10.1. The highest BCUT2D eigenvalue weighted by Gasteiger charge is 2.25. The number of likely N-dealkylation sites (N-methyl/N-ethyl adjacent to an activating group) is 1. The van der Waals surface area contributed by atoms with Gasteiger partial charge in [0.25, 0.3) is 0 Å². The summed E-state index contributed by atoms with van der Waals surface area (Å²) in [6, 6.07) is 0. The zero-order valence-electron chi connectivity index (χ0n) is 12.6. The largest absolute Gasteiger partial charge is 0.389 e. The van der Waals surface area contributed by atoms with Gasteiger partial charge in [0, 0.05) is 32.7 Å². The molecule has 19 heavy (non-hydrogen) atoms. The van der Waals surface area contributed by atoms with Crippen molar-refractivity contribution in [3.63, 3.8) is 0 Å². The van der Waals surface area contributed by atoms with Crippen molar-refractivity contribution in [2.75, 3.05) is 45.9 Å². The average Bonchev–Trinajstić information content (AvgIpc) is 2.83. The van der Waals surface area contributed by atoms with Crippen LogP contribution >= 0.6 is 0 Å². The molecule has 2 aliphatic rings. The molecule has 1 heterocycles. The van der Waals surface area contributed by atoms with Crippen LogP contribution in [-0.4, -0.2) is 73.0 Å². The Hall–Kier alpha value is -0.160. The smallest absolute Gasteiger partial charge is 0.0900 e. The zero-order valence-corrected chi connectivity index (χ0v) is 12.6. The molecule has 112 valence electrons. The third kappa shape index (κ3) is 4.71. The predicted octanol–water partition coefficient (Wildman–Crippen LogP) is 1.19. The summed E-state index contributed by atoms with van der Waals surface area (Å²) >= 11 is 0. The van der Waals surface area contributed by atoms with Crippen LogP contribution in [-0.2, 0) is 4.74 Å². The Bertz CT molecular complexity index is 255. The fourth-order valence-corrected chi connectivity index (χ4v) is 3.23. The highest BCUT2D eigenvalue weighted by atomic mass is 16.5. The molecule has 0 spiro atoms. The molecule has 0 aromatic carbocycles. The maximum atomic E-state index is 10.1. The molecule has 1 aliphatic carbocycles. The van der Waals surface area contributed by atoms with E-state index in [1.165, 1.54) is 19.3 Å². The minimum absolute atomic E-state index is 0.332. The maximum Gasteiger partial charge on any atom is 0.0900 e. The molecule has 1 aliphatic heterocycles. The van der Waals surface area contributed by atoms with Crippen molar-refractivity contribution in [2.24, 2.45) is 5.92 Å². The van der Waals surface area contributed by atoms with E-state index >= 15 is 0 Å². The number of piperazine rings is 1. The number of hydrogen-bond acceptors (Lipinski definition) is 4. The van der Waals surface area contributed by atoms with Gasteiger partial charge in [-0.05, 0) is 25.3 Å². The van der Waals surface area contributed by atoms with Crippen LogP contribution in [0, 0.1) is 5.92 Å². The molecular weight excluding hydrogens is 240 g/mol. The van der Waals surface area contributed by atoms with E-state index in [4.69, 9.17) is 4.74 Å².